The molecule has 0 saturated heterocycles. The molecule has 5 heteroatoms. The highest BCUT2D eigenvalue weighted by atomic mass is 35.5. The van der Waals surface area contributed by atoms with Crippen molar-refractivity contribution in [3.63, 3.8) is 0 Å². The highest BCUT2D eigenvalue weighted by Crippen LogP contribution is 2.19. The number of rotatable bonds is 5. The van der Waals surface area contributed by atoms with Crippen LogP contribution in [0.15, 0.2) is 17.5 Å². The van der Waals surface area contributed by atoms with Crippen molar-refractivity contribution in [3.8, 4) is 0 Å². The second kappa shape index (κ2) is 6.99. The first-order chi connectivity index (χ1) is 7.47. The smallest absolute Gasteiger partial charge is 0.240 e. The van der Waals surface area contributed by atoms with Gasteiger partial charge < -0.3 is 11.1 Å². The van der Waals surface area contributed by atoms with Gasteiger partial charge in [0.05, 0.1) is 11.6 Å². The number of hydrogen-bond donors (Lipinski definition) is 2. The summed E-state index contributed by atoms with van der Waals surface area (Å²) in [6.45, 7) is 5.79. The Hall–Kier alpha value is -0.580. The zero-order valence-electron chi connectivity index (χ0n) is 10.5. The van der Waals surface area contributed by atoms with Crippen molar-refractivity contribution in [1.82, 2.24) is 5.32 Å². The SMILES string of the molecule is CCCC(C)(N)C(=O)NC(C)c1cccs1.Cl. The molecule has 1 amide bonds. The fourth-order valence-corrected chi connectivity index (χ4v) is 2.34. The molecule has 2 unspecified atom stereocenters. The number of thiophene rings is 1. The second-order valence-corrected chi connectivity index (χ2v) is 5.36. The molecule has 3 nitrogen and oxygen atoms in total. The molecular weight excluding hydrogens is 256 g/mol. The Balaban J connectivity index is 0.00000256. The molecule has 0 aliphatic carbocycles. The number of nitrogens with two attached hydrogens (primary N) is 1. The minimum atomic E-state index is -0.764. The van der Waals surface area contributed by atoms with Gasteiger partial charge in [0.25, 0.3) is 0 Å². The minimum absolute atomic E-state index is 0. The van der Waals surface area contributed by atoms with E-state index in [1.54, 1.807) is 18.3 Å². The highest BCUT2D eigenvalue weighted by Gasteiger charge is 2.28. The van der Waals surface area contributed by atoms with Crippen LogP contribution in [0.4, 0.5) is 0 Å². The van der Waals surface area contributed by atoms with Gasteiger partial charge in [0, 0.05) is 4.88 Å². The average molecular weight is 277 g/mol. The summed E-state index contributed by atoms with van der Waals surface area (Å²) in [7, 11) is 0. The summed E-state index contributed by atoms with van der Waals surface area (Å²) < 4.78 is 0. The maximum Gasteiger partial charge on any atom is 0.240 e. The summed E-state index contributed by atoms with van der Waals surface area (Å²) in [5.74, 6) is -0.0738. The molecule has 1 aromatic heterocycles. The van der Waals surface area contributed by atoms with Crippen LogP contribution < -0.4 is 11.1 Å². The van der Waals surface area contributed by atoms with E-state index >= 15 is 0 Å². The molecule has 0 aliphatic rings. The molecule has 0 aromatic carbocycles. The van der Waals surface area contributed by atoms with Crippen LogP contribution in [-0.4, -0.2) is 11.4 Å². The molecule has 17 heavy (non-hydrogen) atoms. The van der Waals surface area contributed by atoms with E-state index in [9.17, 15) is 4.79 Å². The Bertz CT molecular complexity index is 338. The van der Waals surface area contributed by atoms with Gasteiger partial charge in [0.2, 0.25) is 5.91 Å². The maximum atomic E-state index is 11.9. The first kappa shape index (κ1) is 16.4. The van der Waals surface area contributed by atoms with Crippen LogP contribution in [0.3, 0.4) is 0 Å². The van der Waals surface area contributed by atoms with E-state index in [0.717, 1.165) is 11.3 Å². The standard InChI is InChI=1S/C12H20N2OS.ClH/c1-4-7-12(3,13)11(15)14-9(2)10-6-5-8-16-10;/h5-6,8-9H,4,7,13H2,1-3H3,(H,14,15);1H. The molecular formula is C12H21ClN2OS. The molecule has 0 radical (unpaired) electrons. The van der Waals surface area contributed by atoms with Gasteiger partial charge in [-0.1, -0.05) is 19.4 Å². The molecule has 0 spiro atoms. The number of nitrogens with one attached hydrogen (secondary N) is 1. The van der Waals surface area contributed by atoms with Crippen LogP contribution in [-0.2, 0) is 4.79 Å². The lowest BCUT2D eigenvalue weighted by Gasteiger charge is -2.25. The monoisotopic (exact) mass is 276 g/mol. The van der Waals surface area contributed by atoms with Crippen LogP contribution in [0.25, 0.3) is 0 Å². The quantitative estimate of drug-likeness (QED) is 0.869. The van der Waals surface area contributed by atoms with E-state index in [0.29, 0.717) is 6.42 Å². The summed E-state index contributed by atoms with van der Waals surface area (Å²) in [4.78, 5) is 13.1. The van der Waals surface area contributed by atoms with Crippen molar-refractivity contribution in [2.75, 3.05) is 0 Å². The largest absolute Gasteiger partial charge is 0.347 e. The molecule has 1 rings (SSSR count). The number of amides is 1. The zero-order chi connectivity index (χ0) is 12.2. The molecule has 0 aliphatic heterocycles. The van der Waals surface area contributed by atoms with Gasteiger partial charge in [-0.25, -0.2) is 0 Å². The Morgan fingerprint density at radius 1 is 1.65 bits per heavy atom. The van der Waals surface area contributed by atoms with Crippen molar-refractivity contribution in [1.29, 1.82) is 0 Å². The van der Waals surface area contributed by atoms with Crippen molar-refractivity contribution in [2.45, 2.75) is 45.2 Å². The first-order valence-electron chi connectivity index (χ1n) is 5.60. The van der Waals surface area contributed by atoms with Gasteiger partial charge in [-0.15, -0.1) is 23.7 Å². The third kappa shape index (κ3) is 4.66. The van der Waals surface area contributed by atoms with E-state index in [-0.39, 0.29) is 24.4 Å². The lowest BCUT2D eigenvalue weighted by atomic mass is 9.96. The molecule has 3 N–H and O–H groups in total. The van der Waals surface area contributed by atoms with Crippen molar-refractivity contribution >= 4 is 29.7 Å². The summed E-state index contributed by atoms with van der Waals surface area (Å²) in [5, 5.41) is 4.96. The minimum Gasteiger partial charge on any atom is -0.347 e. The summed E-state index contributed by atoms with van der Waals surface area (Å²) in [5.41, 5.74) is 5.20. The number of hydrogen-bond acceptors (Lipinski definition) is 3. The Labute approximate surface area is 113 Å². The lowest BCUT2D eigenvalue weighted by Crippen LogP contribution is -2.51. The number of carbonyl (C=O) groups excluding carboxylic acids is 1. The van der Waals surface area contributed by atoms with Crippen LogP contribution in [0.2, 0.25) is 0 Å². The van der Waals surface area contributed by atoms with Gasteiger partial charge >= 0.3 is 0 Å². The topological polar surface area (TPSA) is 55.1 Å². The Kier molecular flexibility index (Phi) is 6.75. The third-order valence-corrected chi connectivity index (χ3v) is 3.66. The van der Waals surface area contributed by atoms with Crippen LogP contribution in [0.1, 0.15) is 44.5 Å². The summed E-state index contributed by atoms with van der Waals surface area (Å²) in [6.07, 6.45) is 1.61. The summed E-state index contributed by atoms with van der Waals surface area (Å²) in [6, 6.07) is 4.03. The lowest BCUT2D eigenvalue weighted by molar-refractivity contribution is -0.126. The van der Waals surface area contributed by atoms with E-state index in [1.165, 1.54) is 0 Å². The highest BCUT2D eigenvalue weighted by molar-refractivity contribution is 7.10. The van der Waals surface area contributed by atoms with Gasteiger partial charge in [0.1, 0.15) is 0 Å². The molecule has 1 heterocycles. The fourth-order valence-electron chi connectivity index (χ4n) is 1.60. The first-order valence-corrected chi connectivity index (χ1v) is 6.48. The van der Waals surface area contributed by atoms with E-state index in [2.05, 4.69) is 5.32 Å². The third-order valence-electron chi connectivity index (χ3n) is 2.61. The van der Waals surface area contributed by atoms with Crippen LogP contribution in [0.5, 0.6) is 0 Å². The van der Waals surface area contributed by atoms with Gasteiger partial charge in [0.15, 0.2) is 0 Å². The predicted octanol–water partition coefficient (Wildman–Crippen LogP) is 2.86. The van der Waals surface area contributed by atoms with Gasteiger partial charge in [-0.3, -0.25) is 4.79 Å². The zero-order valence-corrected chi connectivity index (χ0v) is 12.2. The molecule has 2 atom stereocenters. The fraction of sp³-hybridized carbons (Fsp3) is 0.583. The van der Waals surface area contributed by atoms with Crippen LogP contribution in [0, 0.1) is 0 Å². The molecule has 1 aromatic rings. The normalized spacial score (nSPS) is 15.5. The second-order valence-electron chi connectivity index (χ2n) is 4.38. The number of halogens is 1. The predicted molar refractivity (Wildman–Crippen MR) is 75.6 cm³/mol. The molecule has 0 saturated carbocycles. The Morgan fingerprint density at radius 3 is 2.76 bits per heavy atom. The van der Waals surface area contributed by atoms with Gasteiger partial charge in [-0.05, 0) is 31.7 Å². The molecule has 98 valence electrons. The van der Waals surface area contributed by atoms with E-state index in [1.807, 2.05) is 31.4 Å². The molecule has 0 fully saturated rings. The number of carbonyl (C=O) groups is 1. The Morgan fingerprint density at radius 2 is 2.29 bits per heavy atom. The summed E-state index contributed by atoms with van der Waals surface area (Å²) >= 11 is 1.64. The average Bonchev–Trinajstić information content (AvgIpc) is 2.70. The van der Waals surface area contributed by atoms with Gasteiger partial charge in [-0.2, -0.15) is 0 Å². The van der Waals surface area contributed by atoms with Crippen LogP contribution >= 0.6 is 23.7 Å². The van der Waals surface area contributed by atoms with Crippen molar-refractivity contribution in [2.24, 2.45) is 5.73 Å². The van der Waals surface area contributed by atoms with E-state index in [4.69, 9.17) is 5.73 Å². The van der Waals surface area contributed by atoms with Crippen molar-refractivity contribution < 1.29 is 4.79 Å². The van der Waals surface area contributed by atoms with E-state index < -0.39 is 5.54 Å². The van der Waals surface area contributed by atoms with Crippen molar-refractivity contribution in [3.05, 3.63) is 22.4 Å². The maximum absolute atomic E-state index is 11.9. The molecule has 0 bridgehead atoms.